The first-order valence-electron chi connectivity index (χ1n) is 7.92. The number of carboxylic acids is 1. The minimum atomic E-state index is -3.47. The van der Waals surface area contributed by atoms with Gasteiger partial charge in [0.25, 0.3) is 0 Å². The third-order valence-corrected chi connectivity index (χ3v) is 7.47. The minimum absolute atomic E-state index is 0.487. The fourth-order valence-electron chi connectivity index (χ4n) is 3.59. The standard InChI is InChI=1S/C14H24N2O4S/c17-14(18)12-2-1-3-13(12)21(19,20)16-8-6-15(7-9-16)10-11-4-5-11/h11-13H,1-10H2,(H,17,18). The molecule has 7 heteroatoms. The molecule has 0 aromatic heterocycles. The number of piperazine rings is 1. The molecule has 6 nitrogen and oxygen atoms in total. The fourth-order valence-corrected chi connectivity index (χ4v) is 5.78. The highest BCUT2D eigenvalue weighted by Gasteiger charge is 2.44. The summed E-state index contributed by atoms with van der Waals surface area (Å²) in [6, 6.07) is 0. The van der Waals surface area contributed by atoms with E-state index in [9.17, 15) is 18.3 Å². The van der Waals surface area contributed by atoms with Crippen LogP contribution in [0.3, 0.4) is 0 Å². The summed E-state index contributed by atoms with van der Waals surface area (Å²) in [5.74, 6) is -0.868. The molecule has 1 saturated heterocycles. The second-order valence-electron chi connectivity index (χ2n) is 6.60. The molecule has 3 rings (SSSR count). The third kappa shape index (κ3) is 3.24. The molecule has 2 atom stereocenters. The van der Waals surface area contributed by atoms with Gasteiger partial charge in [0.2, 0.25) is 10.0 Å². The van der Waals surface area contributed by atoms with Gasteiger partial charge in [-0.3, -0.25) is 4.79 Å². The summed E-state index contributed by atoms with van der Waals surface area (Å²) in [5, 5.41) is 8.48. The molecule has 1 heterocycles. The molecule has 120 valence electrons. The Kier molecular flexibility index (Phi) is 4.25. The molecule has 0 bridgehead atoms. The van der Waals surface area contributed by atoms with Gasteiger partial charge in [-0.25, -0.2) is 8.42 Å². The molecular weight excluding hydrogens is 292 g/mol. The van der Waals surface area contributed by atoms with E-state index >= 15 is 0 Å². The van der Waals surface area contributed by atoms with Gasteiger partial charge in [0.05, 0.1) is 11.2 Å². The highest BCUT2D eigenvalue weighted by atomic mass is 32.2. The zero-order valence-electron chi connectivity index (χ0n) is 12.3. The van der Waals surface area contributed by atoms with Crippen LogP contribution in [0.1, 0.15) is 32.1 Å². The van der Waals surface area contributed by atoms with E-state index in [2.05, 4.69) is 4.90 Å². The summed E-state index contributed by atoms with van der Waals surface area (Å²) < 4.78 is 26.9. The molecule has 0 aromatic carbocycles. The molecule has 2 unspecified atom stereocenters. The lowest BCUT2D eigenvalue weighted by atomic mass is 10.1. The molecule has 3 fully saturated rings. The van der Waals surface area contributed by atoms with Crippen molar-refractivity contribution in [3.05, 3.63) is 0 Å². The molecule has 0 spiro atoms. The Labute approximate surface area is 126 Å². The molecule has 2 saturated carbocycles. The first-order valence-corrected chi connectivity index (χ1v) is 9.43. The average Bonchev–Trinajstić information content (AvgIpc) is 3.10. The summed E-state index contributed by atoms with van der Waals surface area (Å²) in [6.45, 7) is 3.67. The summed E-state index contributed by atoms with van der Waals surface area (Å²) in [4.78, 5) is 13.6. The quantitative estimate of drug-likeness (QED) is 0.803. The normalized spacial score (nSPS) is 32.4. The van der Waals surface area contributed by atoms with Crippen molar-refractivity contribution >= 4 is 16.0 Å². The van der Waals surface area contributed by atoms with Crippen molar-refractivity contribution in [1.82, 2.24) is 9.21 Å². The highest BCUT2D eigenvalue weighted by molar-refractivity contribution is 7.89. The van der Waals surface area contributed by atoms with Gasteiger partial charge in [-0.2, -0.15) is 4.31 Å². The molecule has 21 heavy (non-hydrogen) atoms. The predicted octanol–water partition coefficient (Wildman–Crippen LogP) is 0.597. The van der Waals surface area contributed by atoms with Crippen LogP contribution in [0.25, 0.3) is 0 Å². The van der Waals surface area contributed by atoms with E-state index in [1.807, 2.05) is 0 Å². The largest absolute Gasteiger partial charge is 0.481 e. The number of carbonyl (C=O) groups is 1. The van der Waals surface area contributed by atoms with Crippen LogP contribution < -0.4 is 0 Å². The van der Waals surface area contributed by atoms with Crippen LogP contribution in [0.4, 0.5) is 0 Å². The van der Waals surface area contributed by atoms with E-state index in [1.165, 1.54) is 17.1 Å². The Hall–Kier alpha value is -0.660. The van der Waals surface area contributed by atoms with Crippen molar-refractivity contribution in [3.63, 3.8) is 0 Å². The maximum Gasteiger partial charge on any atom is 0.307 e. The molecule has 0 aromatic rings. The second kappa shape index (κ2) is 5.85. The van der Waals surface area contributed by atoms with Gasteiger partial charge in [-0.1, -0.05) is 6.42 Å². The summed E-state index contributed by atoms with van der Waals surface area (Å²) in [7, 11) is -3.47. The van der Waals surface area contributed by atoms with E-state index in [0.717, 1.165) is 25.6 Å². The van der Waals surface area contributed by atoms with Crippen molar-refractivity contribution in [2.45, 2.75) is 37.4 Å². The molecular formula is C14H24N2O4S. The van der Waals surface area contributed by atoms with Gasteiger partial charge < -0.3 is 10.0 Å². The van der Waals surface area contributed by atoms with Gasteiger partial charge in [0.1, 0.15) is 0 Å². The van der Waals surface area contributed by atoms with Gasteiger partial charge in [-0.15, -0.1) is 0 Å². The first kappa shape index (κ1) is 15.2. The van der Waals surface area contributed by atoms with Crippen molar-refractivity contribution in [2.24, 2.45) is 11.8 Å². The molecule has 1 N–H and O–H groups in total. The molecule has 3 aliphatic rings. The Morgan fingerprint density at radius 2 is 1.71 bits per heavy atom. The molecule has 0 amide bonds. The van der Waals surface area contributed by atoms with Crippen LogP contribution in [0, 0.1) is 11.8 Å². The minimum Gasteiger partial charge on any atom is -0.481 e. The van der Waals surface area contributed by atoms with Crippen LogP contribution in [0.2, 0.25) is 0 Å². The first-order chi connectivity index (χ1) is 9.98. The maximum absolute atomic E-state index is 12.7. The number of sulfonamides is 1. The Balaban J connectivity index is 1.61. The topological polar surface area (TPSA) is 77.9 Å². The zero-order valence-corrected chi connectivity index (χ0v) is 13.1. The van der Waals surface area contributed by atoms with Crippen LogP contribution >= 0.6 is 0 Å². The molecule has 1 aliphatic heterocycles. The number of carboxylic acid groups (broad SMARTS) is 1. The van der Waals surface area contributed by atoms with Crippen molar-refractivity contribution in [1.29, 1.82) is 0 Å². The summed E-state index contributed by atoms with van der Waals surface area (Å²) in [6.07, 6.45) is 4.28. The number of rotatable bonds is 5. The van der Waals surface area contributed by atoms with Crippen molar-refractivity contribution in [2.75, 3.05) is 32.7 Å². The maximum atomic E-state index is 12.7. The van der Waals surface area contributed by atoms with Crippen LogP contribution in [-0.2, 0) is 14.8 Å². The SMILES string of the molecule is O=C(O)C1CCCC1S(=O)(=O)N1CCN(CC2CC2)CC1. The van der Waals surface area contributed by atoms with Crippen LogP contribution in [0.5, 0.6) is 0 Å². The van der Waals surface area contributed by atoms with Gasteiger partial charge in [0, 0.05) is 32.7 Å². The summed E-state index contributed by atoms with van der Waals surface area (Å²) >= 11 is 0. The molecule has 2 aliphatic carbocycles. The number of hydrogen-bond acceptors (Lipinski definition) is 4. The van der Waals surface area contributed by atoms with Gasteiger partial charge in [0.15, 0.2) is 0 Å². The molecule has 0 radical (unpaired) electrons. The zero-order chi connectivity index (χ0) is 15.0. The summed E-state index contributed by atoms with van der Waals surface area (Å²) in [5.41, 5.74) is 0. The van der Waals surface area contributed by atoms with Gasteiger partial charge in [-0.05, 0) is 31.6 Å². The van der Waals surface area contributed by atoms with E-state index in [-0.39, 0.29) is 0 Å². The van der Waals surface area contributed by atoms with E-state index in [0.29, 0.717) is 32.4 Å². The Morgan fingerprint density at radius 3 is 2.29 bits per heavy atom. The smallest absolute Gasteiger partial charge is 0.307 e. The lowest BCUT2D eigenvalue weighted by Gasteiger charge is -2.36. The average molecular weight is 316 g/mol. The number of nitrogens with zero attached hydrogens (tertiary/aromatic N) is 2. The number of aliphatic carboxylic acids is 1. The lowest BCUT2D eigenvalue weighted by Crippen LogP contribution is -2.52. The highest BCUT2D eigenvalue weighted by Crippen LogP contribution is 2.34. The van der Waals surface area contributed by atoms with Crippen molar-refractivity contribution < 1.29 is 18.3 Å². The van der Waals surface area contributed by atoms with Crippen LogP contribution in [-0.4, -0.2) is 66.7 Å². The van der Waals surface area contributed by atoms with Gasteiger partial charge >= 0.3 is 5.97 Å². The Morgan fingerprint density at radius 1 is 1.05 bits per heavy atom. The third-order valence-electron chi connectivity index (χ3n) is 5.06. The van der Waals surface area contributed by atoms with Crippen LogP contribution in [0.15, 0.2) is 0 Å². The van der Waals surface area contributed by atoms with Crippen molar-refractivity contribution in [3.8, 4) is 0 Å². The van der Waals surface area contributed by atoms with E-state index in [1.54, 1.807) is 0 Å². The van der Waals surface area contributed by atoms with E-state index < -0.39 is 27.2 Å². The lowest BCUT2D eigenvalue weighted by molar-refractivity contribution is -0.141. The van der Waals surface area contributed by atoms with E-state index in [4.69, 9.17) is 0 Å². The predicted molar refractivity (Wildman–Crippen MR) is 78.4 cm³/mol. The number of hydrogen-bond donors (Lipinski definition) is 1. The second-order valence-corrected chi connectivity index (χ2v) is 8.75. The fraction of sp³-hybridized carbons (Fsp3) is 0.929. The Bertz CT molecular complexity index is 495. The monoisotopic (exact) mass is 316 g/mol.